The molecular weight excluding hydrogens is 257 g/mol. The van der Waals surface area contributed by atoms with E-state index in [4.69, 9.17) is 9.84 Å². The van der Waals surface area contributed by atoms with Crippen LogP contribution >= 0.6 is 0 Å². The van der Waals surface area contributed by atoms with E-state index in [-0.39, 0.29) is 12.4 Å². The van der Waals surface area contributed by atoms with Gasteiger partial charge in [0.2, 0.25) is 0 Å². The van der Waals surface area contributed by atoms with Gasteiger partial charge in [-0.3, -0.25) is 0 Å². The van der Waals surface area contributed by atoms with E-state index in [9.17, 15) is 4.39 Å². The Kier molecular flexibility index (Phi) is 4.58. The molecule has 0 heterocycles. The van der Waals surface area contributed by atoms with Crippen molar-refractivity contribution in [1.29, 1.82) is 0 Å². The van der Waals surface area contributed by atoms with Gasteiger partial charge >= 0.3 is 0 Å². The smallest absolute Gasteiger partial charge is 0.125 e. The molecule has 0 aromatic heterocycles. The number of methoxy groups -OCH3 is 1. The lowest BCUT2D eigenvalue weighted by molar-refractivity contribution is 0.281. The number of aliphatic hydroxyl groups excluding tert-OH is 1. The highest BCUT2D eigenvalue weighted by molar-refractivity contribution is 5.50. The molecule has 0 bridgehead atoms. The zero-order chi connectivity index (χ0) is 14.5. The number of hydrogen-bond donors (Lipinski definition) is 1. The van der Waals surface area contributed by atoms with Crippen LogP contribution in [0.1, 0.15) is 11.1 Å². The molecule has 2 rings (SSSR count). The minimum absolute atomic E-state index is 0.173. The van der Waals surface area contributed by atoms with Crippen molar-refractivity contribution in [3.63, 3.8) is 0 Å². The Balaban J connectivity index is 2.23. The van der Waals surface area contributed by atoms with E-state index in [1.54, 1.807) is 13.2 Å². The normalized spacial score (nSPS) is 10.4. The molecule has 4 heteroatoms. The molecule has 0 saturated carbocycles. The van der Waals surface area contributed by atoms with E-state index in [1.807, 2.05) is 36.2 Å². The Labute approximate surface area is 118 Å². The van der Waals surface area contributed by atoms with Crippen LogP contribution in [0.25, 0.3) is 0 Å². The zero-order valence-electron chi connectivity index (χ0n) is 11.6. The monoisotopic (exact) mass is 275 g/mol. The van der Waals surface area contributed by atoms with Gasteiger partial charge in [-0.1, -0.05) is 18.2 Å². The van der Waals surface area contributed by atoms with E-state index in [0.717, 1.165) is 17.0 Å². The average molecular weight is 275 g/mol. The first-order valence-electron chi connectivity index (χ1n) is 6.37. The summed E-state index contributed by atoms with van der Waals surface area (Å²) in [5.74, 6) is 0.455. The van der Waals surface area contributed by atoms with E-state index in [0.29, 0.717) is 12.1 Å². The third-order valence-corrected chi connectivity index (χ3v) is 3.17. The first-order chi connectivity index (χ1) is 9.63. The average Bonchev–Trinajstić information content (AvgIpc) is 2.47. The van der Waals surface area contributed by atoms with Gasteiger partial charge < -0.3 is 14.7 Å². The molecule has 20 heavy (non-hydrogen) atoms. The molecule has 0 fully saturated rings. The summed E-state index contributed by atoms with van der Waals surface area (Å²) in [6, 6.07) is 12.3. The second-order valence-electron chi connectivity index (χ2n) is 4.64. The predicted octanol–water partition coefficient (Wildman–Crippen LogP) is 2.96. The molecule has 0 radical (unpaired) electrons. The number of hydrogen-bond acceptors (Lipinski definition) is 3. The summed E-state index contributed by atoms with van der Waals surface area (Å²) in [5.41, 5.74) is 2.30. The quantitative estimate of drug-likeness (QED) is 0.910. The van der Waals surface area contributed by atoms with Gasteiger partial charge in [0, 0.05) is 24.8 Å². The summed E-state index contributed by atoms with van der Waals surface area (Å²) in [5, 5.41) is 9.13. The minimum Gasteiger partial charge on any atom is -0.496 e. The number of anilines is 1. The van der Waals surface area contributed by atoms with Crippen LogP contribution in [-0.2, 0) is 13.2 Å². The van der Waals surface area contributed by atoms with Gasteiger partial charge in [-0.05, 0) is 29.8 Å². The van der Waals surface area contributed by atoms with Crippen LogP contribution in [0.4, 0.5) is 10.1 Å². The first-order valence-corrected chi connectivity index (χ1v) is 6.37. The van der Waals surface area contributed by atoms with Gasteiger partial charge in [0.15, 0.2) is 0 Å². The summed E-state index contributed by atoms with van der Waals surface area (Å²) >= 11 is 0. The molecule has 2 aromatic rings. The molecule has 1 N–H and O–H groups in total. The lowest BCUT2D eigenvalue weighted by Gasteiger charge is -2.21. The van der Waals surface area contributed by atoms with E-state index < -0.39 is 0 Å². The summed E-state index contributed by atoms with van der Waals surface area (Å²) in [6.07, 6.45) is 0. The molecule has 0 amide bonds. The van der Waals surface area contributed by atoms with E-state index in [1.165, 1.54) is 12.1 Å². The second-order valence-corrected chi connectivity index (χ2v) is 4.64. The van der Waals surface area contributed by atoms with Crippen molar-refractivity contribution >= 4 is 5.69 Å². The van der Waals surface area contributed by atoms with E-state index in [2.05, 4.69) is 0 Å². The van der Waals surface area contributed by atoms with Crippen molar-refractivity contribution in [1.82, 2.24) is 0 Å². The number of ether oxygens (including phenoxy) is 1. The summed E-state index contributed by atoms with van der Waals surface area (Å²) in [6.45, 7) is 0.422. The van der Waals surface area contributed by atoms with Gasteiger partial charge in [-0.15, -0.1) is 0 Å². The third-order valence-electron chi connectivity index (χ3n) is 3.17. The lowest BCUT2D eigenvalue weighted by Crippen LogP contribution is -2.17. The van der Waals surface area contributed by atoms with Gasteiger partial charge in [-0.25, -0.2) is 4.39 Å². The molecule has 0 unspecified atom stereocenters. The Bertz CT molecular complexity index is 586. The van der Waals surface area contributed by atoms with Crippen molar-refractivity contribution < 1.29 is 14.2 Å². The van der Waals surface area contributed by atoms with Crippen LogP contribution in [0.2, 0.25) is 0 Å². The number of para-hydroxylation sites is 1. The van der Waals surface area contributed by atoms with Crippen LogP contribution in [0.3, 0.4) is 0 Å². The fourth-order valence-corrected chi connectivity index (χ4v) is 2.13. The molecule has 0 spiro atoms. The maximum absolute atomic E-state index is 13.5. The number of nitrogens with zero attached hydrogens (tertiary/aromatic N) is 1. The number of halogens is 1. The predicted molar refractivity (Wildman–Crippen MR) is 77.4 cm³/mol. The molecule has 0 aliphatic rings. The molecule has 0 saturated heterocycles. The van der Waals surface area contributed by atoms with Crippen LogP contribution < -0.4 is 9.64 Å². The van der Waals surface area contributed by atoms with Crippen molar-refractivity contribution in [2.24, 2.45) is 0 Å². The summed E-state index contributed by atoms with van der Waals surface area (Å²) < 4.78 is 18.8. The van der Waals surface area contributed by atoms with Crippen LogP contribution in [0.5, 0.6) is 5.75 Å². The largest absolute Gasteiger partial charge is 0.496 e. The van der Waals surface area contributed by atoms with Crippen molar-refractivity contribution in [3.8, 4) is 5.75 Å². The number of benzene rings is 2. The van der Waals surface area contributed by atoms with Gasteiger partial charge in [0.1, 0.15) is 11.6 Å². The fraction of sp³-hybridized carbons (Fsp3) is 0.250. The number of aliphatic hydroxyl groups is 1. The maximum atomic E-state index is 13.5. The molecule has 0 aliphatic carbocycles. The van der Waals surface area contributed by atoms with Crippen LogP contribution in [0, 0.1) is 5.82 Å². The Hall–Kier alpha value is -2.07. The second kappa shape index (κ2) is 6.39. The highest BCUT2D eigenvalue weighted by Crippen LogP contribution is 2.23. The molecule has 106 valence electrons. The Morgan fingerprint density at radius 3 is 2.65 bits per heavy atom. The minimum atomic E-state index is -0.349. The van der Waals surface area contributed by atoms with Gasteiger partial charge in [-0.2, -0.15) is 0 Å². The van der Waals surface area contributed by atoms with Crippen LogP contribution in [-0.4, -0.2) is 19.3 Å². The Morgan fingerprint density at radius 2 is 1.95 bits per heavy atom. The standard InChI is InChI=1S/C16H18FNO2/c1-18(10-13-5-3-4-6-16(13)20-2)15-8-12(11-19)7-14(17)9-15/h3-9,19H,10-11H2,1-2H3. The van der Waals surface area contributed by atoms with Crippen molar-refractivity contribution in [2.45, 2.75) is 13.2 Å². The van der Waals surface area contributed by atoms with Crippen LogP contribution in [0.15, 0.2) is 42.5 Å². The lowest BCUT2D eigenvalue weighted by atomic mass is 10.1. The molecular formula is C16H18FNO2. The SMILES string of the molecule is COc1ccccc1CN(C)c1cc(F)cc(CO)c1. The van der Waals surface area contributed by atoms with Crippen molar-refractivity contribution in [2.75, 3.05) is 19.1 Å². The van der Waals surface area contributed by atoms with E-state index >= 15 is 0 Å². The van der Waals surface area contributed by atoms with Gasteiger partial charge in [0.25, 0.3) is 0 Å². The Morgan fingerprint density at radius 1 is 1.20 bits per heavy atom. The van der Waals surface area contributed by atoms with Crippen molar-refractivity contribution in [3.05, 3.63) is 59.4 Å². The summed E-state index contributed by atoms with van der Waals surface area (Å²) in [7, 11) is 3.51. The highest BCUT2D eigenvalue weighted by atomic mass is 19.1. The molecule has 0 atom stereocenters. The summed E-state index contributed by atoms with van der Waals surface area (Å²) in [4.78, 5) is 1.92. The third kappa shape index (κ3) is 3.27. The number of rotatable bonds is 5. The molecule has 3 nitrogen and oxygen atoms in total. The highest BCUT2D eigenvalue weighted by Gasteiger charge is 2.08. The topological polar surface area (TPSA) is 32.7 Å². The fourth-order valence-electron chi connectivity index (χ4n) is 2.13. The zero-order valence-corrected chi connectivity index (χ0v) is 11.6. The maximum Gasteiger partial charge on any atom is 0.125 e. The van der Waals surface area contributed by atoms with Gasteiger partial charge in [0.05, 0.1) is 13.7 Å². The first kappa shape index (κ1) is 14.3. The molecule has 2 aromatic carbocycles. The molecule has 0 aliphatic heterocycles.